The lowest BCUT2D eigenvalue weighted by molar-refractivity contribution is 0.477. The van der Waals surface area contributed by atoms with Crippen LogP contribution in [0.2, 0.25) is 0 Å². The number of aromatic nitrogens is 1. The maximum Gasteiger partial charge on any atom is 0.244 e. The number of rotatable bonds is 6. The number of hydrogen-bond acceptors (Lipinski definition) is 5. The maximum atomic E-state index is 12.6. The fraction of sp³-hybridized carbons (Fsp3) is 0.250. The van der Waals surface area contributed by atoms with Crippen LogP contribution in [0.15, 0.2) is 71.1 Å². The van der Waals surface area contributed by atoms with Gasteiger partial charge in [-0.3, -0.25) is 0 Å². The van der Waals surface area contributed by atoms with E-state index in [4.69, 9.17) is 0 Å². The van der Waals surface area contributed by atoms with E-state index in [-0.39, 0.29) is 10.9 Å². The van der Waals surface area contributed by atoms with Crippen molar-refractivity contribution in [3.05, 3.63) is 76.6 Å². The molecule has 27 heavy (non-hydrogen) atoms. The predicted octanol–water partition coefficient (Wildman–Crippen LogP) is 4.13. The van der Waals surface area contributed by atoms with Crippen LogP contribution in [0.4, 0.5) is 5.82 Å². The summed E-state index contributed by atoms with van der Waals surface area (Å²) in [6.45, 7) is 1.19. The summed E-state index contributed by atoms with van der Waals surface area (Å²) in [5, 5.41) is 5.48. The molecule has 3 heterocycles. The van der Waals surface area contributed by atoms with Crippen molar-refractivity contribution in [1.82, 2.24) is 9.29 Å². The van der Waals surface area contributed by atoms with E-state index in [1.807, 2.05) is 29.6 Å². The number of sulfonamides is 1. The van der Waals surface area contributed by atoms with Gasteiger partial charge in [0.05, 0.1) is 6.04 Å². The van der Waals surface area contributed by atoms with Crippen LogP contribution in [0.3, 0.4) is 0 Å². The number of thiophene rings is 1. The van der Waals surface area contributed by atoms with E-state index in [2.05, 4.69) is 28.5 Å². The molecule has 3 aromatic rings. The molecule has 1 aliphatic heterocycles. The monoisotopic (exact) mass is 399 g/mol. The first-order chi connectivity index (χ1) is 13.1. The van der Waals surface area contributed by atoms with E-state index in [1.54, 1.807) is 23.5 Å². The molecule has 5 nitrogen and oxygen atoms in total. The van der Waals surface area contributed by atoms with E-state index in [0.29, 0.717) is 18.9 Å². The molecule has 4 rings (SSSR count). The minimum atomic E-state index is -3.43. The number of benzene rings is 1. The Morgan fingerprint density at radius 2 is 1.78 bits per heavy atom. The van der Waals surface area contributed by atoms with Gasteiger partial charge in [0.2, 0.25) is 10.0 Å². The summed E-state index contributed by atoms with van der Waals surface area (Å²) < 4.78 is 26.8. The van der Waals surface area contributed by atoms with Crippen molar-refractivity contribution in [1.29, 1.82) is 0 Å². The van der Waals surface area contributed by atoms with Crippen molar-refractivity contribution in [3.63, 3.8) is 0 Å². The second-order valence-electron chi connectivity index (χ2n) is 6.49. The zero-order chi connectivity index (χ0) is 18.7. The Bertz CT molecular complexity index is 966. The summed E-state index contributed by atoms with van der Waals surface area (Å²) in [6.07, 6.45) is 3.30. The Kier molecular flexibility index (Phi) is 5.24. The largest absolute Gasteiger partial charge is 0.358 e. The van der Waals surface area contributed by atoms with Gasteiger partial charge in [0, 0.05) is 24.2 Å². The van der Waals surface area contributed by atoms with Crippen molar-refractivity contribution < 1.29 is 8.42 Å². The number of anilines is 1. The summed E-state index contributed by atoms with van der Waals surface area (Å²) in [5.41, 5.74) is 1.13. The fourth-order valence-corrected chi connectivity index (χ4v) is 5.53. The summed E-state index contributed by atoms with van der Waals surface area (Å²) in [6, 6.07) is 17.6. The van der Waals surface area contributed by atoms with Crippen LogP contribution < -0.4 is 5.32 Å². The number of nitrogens with one attached hydrogen (secondary N) is 1. The molecule has 0 spiro atoms. The van der Waals surface area contributed by atoms with Gasteiger partial charge < -0.3 is 5.32 Å². The highest BCUT2D eigenvalue weighted by Gasteiger charge is 2.27. The SMILES string of the molecule is O=S(=O)(c1ccc(N[C@H](c2ccccc2)c2cccs2)nc1)N1CCCC1. The second kappa shape index (κ2) is 7.80. The Balaban J connectivity index is 1.58. The quantitative estimate of drug-likeness (QED) is 0.677. The molecule has 2 aromatic heterocycles. The minimum Gasteiger partial charge on any atom is -0.358 e. The van der Waals surface area contributed by atoms with Gasteiger partial charge in [0.1, 0.15) is 10.7 Å². The molecular weight excluding hydrogens is 378 g/mol. The average Bonchev–Trinajstić information content (AvgIpc) is 3.41. The third-order valence-electron chi connectivity index (χ3n) is 4.69. The first kappa shape index (κ1) is 18.2. The molecule has 1 saturated heterocycles. The first-order valence-corrected chi connectivity index (χ1v) is 11.3. The molecule has 1 N–H and O–H groups in total. The molecule has 1 atom stereocenters. The van der Waals surface area contributed by atoms with E-state index in [1.165, 1.54) is 15.4 Å². The summed E-state index contributed by atoms with van der Waals surface area (Å²) in [5.74, 6) is 0.651. The summed E-state index contributed by atoms with van der Waals surface area (Å²) in [4.78, 5) is 5.81. The highest BCUT2D eigenvalue weighted by molar-refractivity contribution is 7.89. The third kappa shape index (κ3) is 3.90. The fourth-order valence-electron chi connectivity index (χ4n) is 3.26. The molecule has 140 valence electrons. The van der Waals surface area contributed by atoms with Crippen LogP contribution in [-0.4, -0.2) is 30.8 Å². The lowest BCUT2D eigenvalue weighted by atomic mass is 10.1. The third-order valence-corrected chi connectivity index (χ3v) is 7.51. The van der Waals surface area contributed by atoms with Crippen molar-refractivity contribution >= 4 is 27.2 Å². The molecule has 0 aliphatic carbocycles. The maximum absolute atomic E-state index is 12.6. The standard InChI is InChI=1S/C20H21N3O2S2/c24-27(25,23-12-4-5-13-23)17-10-11-19(21-15-17)22-20(18-9-6-14-26-18)16-7-2-1-3-8-16/h1-3,6-11,14-15,20H,4-5,12-13H2,(H,21,22)/t20-/m1/s1. The van der Waals surface area contributed by atoms with Gasteiger partial charge in [0.15, 0.2) is 0 Å². The van der Waals surface area contributed by atoms with E-state index < -0.39 is 10.0 Å². The van der Waals surface area contributed by atoms with Crippen molar-refractivity contribution in [2.45, 2.75) is 23.8 Å². The zero-order valence-corrected chi connectivity index (χ0v) is 16.4. The van der Waals surface area contributed by atoms with Gasteiger partial charge in [-0.05, 0) is 42.0 Å². The number of hydrogen-bond donors (Lipinski definition) is 1. The van der Waals surface area contributed by atoms with Crippen LogP contribution in [0.5, 0.6) is 0 Å². The summed E-state index contributed by atoms with van der Waals surface area (Å²) >= 11 is 1.68. The molecule has 0 amide bonds. The van der Waals surface area contributed by atoms with Gasteiger partial charge in [-0.25, -0.2) is 13.4 Å². The topological polar surface area (TPSA) is 62.3 Å². The molecule has 0 unspecified atom stereocenters. The number of nitrogens with zero attached hydrogens (tertiary/aromatic N) is 2. The first-order valence-electron chi connectivity index (χ1n) is 8.96. The molecule has 1 aromatic carbocycles. The average molecular weight is 400 g/mol. The van der Waals surface area contributed by atoms with Crippen LogP contribution >= 0.6 is 11.3 Å². The highest BCUT2D eigenvalue weighted by Crippen LogP contribution is 2.29. The lowest BCUT2D eigenvalue weighted by Crippen LogP contribution is -2.28. The van der Waals surface area contributed by atoms with Crippen molar-refractivity contribution in [2.75, 3.05) is 18.4 Å². The molecule has 1 fully saturated rings. The van der Waals surface area contributed by atoms with E-state index >= 15 is 0 Å². The Labute approximate surface area is 163 Å². The Morgan fingerprint density at radius 1 is 1.00 bits per heavy atom. The van der Waals surface area contributed by atoms with Gasteiger partial charge in [-0.2, -0.15) is 4.31 Å². The molecular formula is C20H21N3O2S2. The van der Waals surface area contributed by atoms with Crippen LogP contribution in [0.25, 0.3) is 0 Å². The van der Waals surface area contributed by atoms with Gasteiger partial charge >= 0.3 is 0 Å². The van der Waals surface area contributed by atoms with Crippen LogP contribution in [0.1, 0.15) is 29.3 Å². The highest BCUT2D eigenvalue weighted by atomic mass is 32.2. The molecule has 1 aliphatic rings. The van der Waals surface area contributed by atoms with Crippen LogP contribution in [0, 0.1) is 0 Å². The normalized spacial score (nSPS) is 16.3. The molecule has 0 radical (unpaired) electrons. The Morgan fingerprint density at radius 3 is 2.41 bits per heavy atom. The second-order valence-corrected chi connectivity index (χ2v) is 9.41. The van der Waals surface area contributed by atoms with Crippen LogP contribution in [-0.2, 0) is 10.0 Å². The molecule has 0 saturated carbocycles. The van der Waals surface area contributed by atoms with Crippen molar-refractivity contribution in [2.24, 2.45) is 0 Å². The zero-order valence-electron chi connectivity index (χ0n) is 14.8. The summed E-state index contributed by atoms with van der Waals surface area (Å²) in [7, 11) is -3.43. The minimum absolute atomic E-state index is 0.0280. The van der Waals surface area contributed by atoms with Crippen molar-refractivity contribution in [3.8, 4) is 0 Å². The van der Waals surface area contributed by atoms with E-state index in [0.717, 1.165) is 18.4 Å². The smallest absolute Gasteiger partial charge is 0.244 e. The Hall–Kier alpha value is -2.22. The van der Waals surface area contributed by atoms with Gasteiger partial charge in [-0.15, -0.1) is 11.3 Å². The number of pyridine rings is 1. The van der Waals surface area contributed by atoms with Gasteiger partial charge in [-0.1, -0.05) is 36.4 Å². The predicted molar refractivity (Wildman–Crippen MR) is 108 cm³/mol. The molecule has 7 heteroatoms. The van der Waals surface area contributed by atoms with Gasteiger partial charge in [0.25, 0.3) is 0 Å². The lowest BCUT2D eigenvalue weighted by Gasteiger charge is -2.19. The molecule has 0 bridgehead atoms. The van der Waals surface area contributed by atoms with E-state index in [9.17, 15) is 8.42 Å².